The van der Waals surface area contributed by atoms with Crippen molar-refractivity contribution >= 4 is 34.5 Å². The largest absolute Gasteiger partial charge is 0.485 e. The number of nitrogens with zero attached hydrogens (tertiary/aromatic N) is 3. The summed E-state index contributed by atoms with van der Waals surface area (Å²) in [7, 11) is 0. The van der Waals surface area contributed by atoms with Crippen LogP contribution in [0.3, 0.4) is 0 Å². The fourth-order valence-electron chi connectivity index (χ4n) is 4.61. The van der Waals surface area contributed by atoms with Gasteiger partial charge >= 0.3 is 0 Å². The third-order valence-electron chi connectivity index (χ3n) is 6.18. The van der Waals surface area contributed by atoms with Crippen molar-refractivity contribution in [1.82, 2.24) is 9.80 Å². The van der Waals surface area contributed by atoms with Crippen molar-refractivity contribution < 1.29 is 14.3 Å². The molecule has 30 heavy (non-hydrogen) atoms. The molecule has 0 aliphatic carbocycles. The molecule has 2 aromatic rings. The number of amides is 1. The maximum absolute atomic E-state index is 13.2. The molecule has 1 amide bonds. The minimum absolute atomic E-state index is 0.0778. The highest BCUT2D eigenvalue weighted by atomic mass is 35.5. The molecule has 0 bridgehead atoms. The molecule has 1 aromatic heterocycles. The zero-order valence-electron chi connectivity index (χ0n) is 16.9. The molecule has 0 N–H and O–H groups in total. The van der Waals surface area contributed by atoms with E-state index in [2.05, 4.69) is 15.9 Å². The topological polar surface area (TPSA) is 45.3 Å². The van der Waals surface area contributed by atoms with Gasteiger partial charge in [0.05, 0.1) is 0 Å². The molecule has 0 saturated carbocycles. The Hall–Kier alpha value is -1.96. The fraction of sp³-hybridized carbons (Fsp3) is 0.500. The predicted octanol–water partition coefficient (Wildman–Crippen LogP) is 3.60. The second-order valence-corrected chi connectivity index (χ2v) is 9.32. The van der Waals surface area contributed by atoms with Gasteiger partial charge in [0.15, 0.2) is 11.5 Å². The van der Waals surface area contributed by atoms with Gasteiger partial charge in [0.2, 0.25) is 0 Å². The molecule has 1 aromatic carbocycles. The van der Waals surface area contributed by atoms with Gasteiger partial charge < -0.3 is 19.3 Å². The number of rotatable bonds is 3. The number of carbonyl (C=O) groups is 1. The molecular weight excluding hydrogens is 422 g/mol. The van der Waals surface area contributed by atoms with E-state index in [4.69, 9.17) is 21.1 Å². The highest BCUT2D eigenvalue weighted by Crippen LogP contribution is 2.40. The summed E-state index contributed by atoms with van der Waals surface area (Å²) in [5, 5.41) is 2.67. The van der Waals surface area contributed by atoms with Crippen LogP contribution in [-0.4, -0.2) is 74.2 Å². The minimum Gasteiger partial charge on any atom is -0.485 e. The van der Waals surface area contributed by atoms with Crippen LogP contribution < -0.4 is 14.4 Å². The van der Waals surface area contributed by atoms with Crippen molar-refractivity contribution in [2.24, 2.45) is 0 Å². The lowest BCUT2D eigenvalue weighted by atomic mass is 10.0. The van der Waals surface area contributed by atoms with Crippen LogP contribution in [-0.2, 0) is 0 Å². The highest BCUT2D eigenvalue weighted by Gasteiger charge is 2.33. The lowest BCUT2D eigenvalue weighted by molar-refractivity contribution is 0.0561. The zero-order chi connectivity index (χ0) is 20.5. The van der Waals surface area contributed by atoms with Crippen LogP contribution in [0.1, 0.15) is 22.5 Å². The van der Waals surface area contributed by atoms with E-state index in [0.29, 0.717) is 35.6 Å². The van der Waals surface area contributed by atoms with Gasteiger partial charge in [-0.05, 0) is 31.0 Å². The third-order valence-corrected chi connectivity index (χ3v) is 7.35. The quantitative estimate of drug-likeness (QED) is 0.719. The third kappa shape index (κ3) is 3.98. The number of anilines is 1. The summed E-state index contributed by atoms with van der Waals surface area (Å²) in [6.45, 7) is 6.61. The molecule has 6 nitrogen and oxygen atoms in total. The summed E-state index contributed by atoms with van der Waals surface area (Å²) >= 11 is 7.59. The molecule has 0 radical (unpaired) electrons. The standard InChI is InChI=1S/C22H26ClN3O3S/c23-16-3-1-4-17(13-16)24-7-9-25(10-8-24)18-5-2-6-26(14-18)22(27)21-20-19(15-30-21)28-11-12-29-20/h1,3-4,13,15,18H,2,5-12,14H2/t18-/m0/s1. The van der Waals surface area contributed by atoms with Crippen LogP contribution in [0.5, 0.6) is 11.5 Å². The predicted molar refractivity (Wildman–Crippen MR) is 119 cm³/mol. The Labute approximate surface area is 185 Å². The molecule has 0 spiro atoms. The zero-order valence-corrected chi connectivity index (χ0v) is 18.5. The molecule has 2 saturated heterocycles. The van der Waals surface area contributed by atoms with E-state index in [1.807, 2.05) is 28.5 Å². The van der Waals surface area contributed by atoms with Crippen LogP contribution in [0.25, 0.3) is 0 Å². The number of piperidine rings is 1. The number of halogens is 1. The highest BCUT2D eigenvalue weighted by molar-refractivity contribution is 7.12. The minimum atomic E-state index is 0.0778. The van der Waals surface area contributed by atoms with Crippen molar-refractivity contribution in [3.63, 3.8) is 0 Å². The maximum Gasteiger partial charge on any atom is 0.267 e. The average Bonchev–Trinajstić information content (AvgIpc) is 3.23. The second kappa shape index (κ2) is 8.65. The number of hydrogen-bond donors (Lipinski definition) is 0. The Kier molecular flexibility index (Phi) is 5.76. The van der Waals surface area contributed by atoms with Crippen LogP contribution >= 0.6 is 22.9 Å². The Morgan fingerprint density at radius 2 is 1.93 bits per heavy atom. The van der Waals surface area contributed by atoms with E-state index in [-0.39, 0.29) is 5.91 Å². The van der Waals surface area contributed by atoms with Crippen LogP contribution in [0.2, 0.25) is 5.02 Å². The van der Waals surface area contributed by atoms with Gasteiger partial charge in [-0.15, -0.1) is 11.3 Å². The lowest BCUT2D eigenvalue weighted by Gasteiger charge is -2.44. The summed E-state index contributed by atoms with van der Waals surface area (Å²) in [6, 6.07) is 8.49. The number of likely N-dealkylation sites (tertiary alicyclic amines) is 1. The van der Waals surface area contributed by atoms with Crippen molar-refractivity contribution in [2.45, 2.75) is 18.9 Å². The van der Waals surface area contributed by atoms with Crippen molar-refractivity contribution in [2.75, 3.05) is 57.4 Å². The molecule has 8 heteroatoms. The van der Waals surface area contributed by atoms with Gasteiger partial charge in [-0.2, -0.15) is 0 Å². The summed E-state index contributed by atoms with van der Waals surface area (Å²) in [6.07, 6.45) is 2.18. The number of thiophene rings is 1. The van der Waals surface area contributed by atoms with Gasteiger partial charge in [-0.1, -0.05) is 17.7 Å². The number of fused-ring (bicyclic) bond motifs is 1. The Morgan fingerprint density at radius 1 is 1.10 bits per heavy atom. The summed E-state index contributed by atoms with van der Waals surface area (Å²) in [5.41, 5.74) is 1.19. The first-order valence-electron chi connectivity index (χ1n) is 10.6. The van der Waals surface area contributed by atoms with Gasteiger partial charge in [0.1, 0.15) is 18.1 Å². The molecule has 3 aliphatic rings. The van der Waals surface area contributed by atoms with Crippen molar-refractivity contribution in [3.05, 3.63) is 39.5 Å². The van der Waals surface area contributed by atoms with E-state index in [9.17, 15) is 4.79 Å². The first kappa shape index (κ1) is 20.0. The molecule has 1 atom stereocenters. The monoisotopic (exact) mass is 447 g/mol. The van der Waals surface area contributed by atoms with E-state index < -0.39 is 0 Å². The van der Waals surface area contributed by atoms with Crippen LogP contribution in [0, 0.1) is 0 Å². The molecule has 5 rings (SSSR count). The number of hydrogen-bond acceptors (Lipinski definition) is 6. The van der Waals surface area contributed by atoms with Crippen LogP contribution in [0.4, 0.5) is 5.69 Å². The van der Waals surface area contributed by atoms with Gasteiger partial charge in [-0.25, -0.2) is 0 Å². The lowest BCUT2D eigenvalue weighted by Crippen LogP contribution is -2.55. The van der Waals surface area contributed by atoms with Gasteiger partial charge in [0, 0.05) is 61.4 Å². The van der Waals surface area contributed by atoms with E-state index in [1.165, 1.54) is 17.0 Å². The maximum atomic E-state index is 13.2. The van der Waals surface area contributed by atoms with Crippen molar-refractivity contribution in [1.29, 1.82) is 0 Å². The smallest absolute Gasteiger partial charge is 0.267 e. The number of benzene rings is 1. The second-order valence-electron chi connectivity index (χ2n) is 8.01. The average molecular weight is 448 g/mol. The van der Waals surface area contributed by atoms with Gasteiger partial charge in [-0.3, -0.25) is 9.69 Å². The van der Waals surface area contributed by atoms with Crippen molar-refractivity contribution in [3.8, 4) is 11.5 Å². The fourth-order valence-corrected chi connectivity index (χ4v) is 5.69. The number of ether oxygens (including phenoxy) is 2. The van der Waals surface area contributed by atoms with E-state index in [0.717, 1.165) is 57.1 Å². The molecule has 160 valence electrons. The Bertz CT molecular complexity index is 913. The number of carbonyl (C=O) groups excluding carboxylic acids is 1. The molecule has 4 heterocycles. The normalized spacial score (nSPS) is 22.2. The number of piperazine rings is 1. The van der Waals surface area contributed by atoms with Crippen LogP contribution in [0.15, 0.2) is 29.6 Å². The SMILES string of the molecule is O=C(c1scc2c1OCCO2)N1CCC[C@H](N2CCN(c3cccc(Cl)c3)CC2)C1. The summed E-state index contributed by atoms with van der Waals surface area (Å²) in [5.74, 6) is 1.42. The van der Waals surface area contributed by atoms with E-state index >= 15 is 0 Å². The first-order chi connectivity index (χ1) is 14.7. The molecule has 2 fully saturated rings. The molecule has 0 unspecified atom stereocenters. The summed E-state index contributed by atoms with van der Waals surface area (Å²) < 4.78 is 11.3. The molecule has 3 aliphatic heterocycles. The molecular formula is C22H26ClN3O3S. The first-order valence-corrected chi connectivity index (χ1v) is 11.9. The van der Waals surface area contributed by atoms with Gasteiger partial charge in [0.25, 0.3) is 5.91 Å². The Morgan fingerprint density at radius 3 is 2.77 bits per heavy atom. The Balaban J connectivity index is 1.21. The summed E-state index contributed by atoms with van der Waals surface area (Å²) in [4.78, 5) is 20.8. The van der Waals surface area contributed by atoms with E-state index in [1.54, 1.807) is 0 Å².